The average molecular weight is 259 g/mol. The molecule has 1 aromatic heterocycles. The Morgan fingerprint density at radius 1 is 1.50 bits per heavy atom. The highest BCUT2D eigenvalue weighted by atomic mass is 35.5. The van der Waals surface area contributed by atoms with Gasteiger partial charge < -0.3 is 4.90 Å². The molecule has 1 heterocycles. The van der Waals surface area contributed by atoms with E-state index in [9.17, 15) is 0 Å². The highest BCUT2D eigenvalue weighted by Crippen LogP contribution is 2.31. The van der Waals surface area contributed by atoms with Crippen LogP contribution < -0.4 is 4.90 Å². The van der Waals surface area contributed by atoms with E-state index in [1.165, 1.54) is 12.8 Å². The maximum Gasteiger partial charge on any atom is 0.128 e. The largest absolute Gasteiger partial charge is 0.357 e. The molecule has 0 saturated heterocycles. The molecule has 0 aliphatic heterocycles. The highest BCUT2D eigenvalue weighted by Gasteiger charge is 2.24. The third kappa shape index (κ3) is 2.80. The van der Waals surface area contributed by atoms with Crippen molar-refractivity contribution in [2.45, 2.75) is 25.6 Å². The molecule has 0 unspecified atom stereocenters. The standard InChI is InChI=1S/C12H16Cl2N2/c1-2-16(8-9-3-4-9)12-5-10(6-13)11(14)7-15-12/h5,7,9H,2-4,6,8H2,1H3. The molecule has 0 N–H and O–H groups in total. The molecule has 1 aromatic rings. The lowest BCUT2D eigenvalue weighted by molar-refractivity contribution is 0.731. The van der Waals surface area contributed by atoms with E-state index in [2.05, 4.69) is 16.8 Å². The summed E-state index contributed by atoms with van der Waals surface area (Å²) in [4.78, 5) is 6.67. The van der Waals surface area contributed by atoms with Crippen molar-refractivity contribution in [1.82, 2.24) is 4.98 Å². The fraction of sp³-hybridized carbons (Fsp3) is 0.583. The lowest BCUT2D eigenvalue weighted by atomic mass is 10.2. The molecule has 0 radical (unpaired) electrons. The molecular formula is C12H16Cl2N2. The van der Waals surface area contributed by atoms with Crippen molar-refractivity contribution in [3.05, 3.63) is 22.8 Å². The summed E-state index contributed by atoms with van der Waals surface area (Å²) in [5.41, 5.74) is 0.961. The molecule has 1 saturated carbocycles. The molecule has 0 atom stereocenters. The lowest BCUT2D eigenvalue weighted by Gasteiger charge is -2.22. The zero-order chi connectivity index (χ0) is 11.5. The van der Waals surface area contributed by atoms with Crippen molar-refractivity contribution in [3.8, 4) is 0 Å². The highest BCUT2D eigenvalue weighted by molar-refractivity contribution is 6.32. The van der Waals surface area contributed by atoms with Gasteiger partial charge in [0.25, 0.3) is 0 Å². The third-order valence-corrected chi connectivity index (χ3v) is 3.57. The first-order chi connectivity index (χ1) is 7.74. The number of halogens is 2. The fourth-order valence-corrected chi connectivity index (χ4v) is 2.20. The van der Waals surface area contributed by atoms with E-state index >= 15 is 0 Å². The Hall–Kier alpha value is -0.470. The van der Waals surface area contributed by atoms with Crippen LogP contribution in [0.15, 0.2) is 12.3 Å². The molecule has 2 rings (SSSR count). The Morgan fingerprint density at radius 2 is 2.25 bits per heavy atom. The van der Waals surface area contributed by atoms with Gasteiger partial charge in [0.2, 0.25) is 0 Å². The van der Waals surface area contributed by atoms with Gasteiger partial charge in [-0.1, -0.05) is 11.6 Å². The predicted molar refractivity (Wildman–Crippen MR) is 69.4 cm³/mol. The van der Waals surface area contributed by atoms with Gasteiger partial charge in [-0.3, -0.25) is 0 Å². The summed E-state index contributed by atoms with van der Waals surface area (Å²) in [5, 5.41) is 0.654. The van der Waals surface area contributed by atoms with Gasteiger partial charge in [0.1, 0.15) is 5.82 Å². The maximum atomic E-state index is 6.00. The van der Waals surface area contributed by atoms with E-state index in [0.29, 0.717) is 10.9 Å². The maximum absolute atomic E-state index is 6.00. The van der Waals surface area contributed by atoms with Crippen LogP contribution in [0.5, 0.6) is 0 Å². The van der Waals surface area contributed by atoms with Crippen LogP contribution in [0.1, 0.15) is 25.3 Å². The van der Waals surface area contributed by atoms with Crippen molar-refractivity contribution in [2.75, 3.05) is 18.0 Å². The van der Waals surface area contributed by atoms with Crippen LogP contribution >= 0.6 is 23.2 Å². The first-order valence-corrected chi connectivity index (χ1v) is 6.61. The molecule has 0 spiro atoms. The fourth-order valence-electron chi connectivity index (χ4n) is 1.74. The molecular weight excluding hydrogens is 243 g/mol. The molecule has 16 heavy (non-hydrogen) atoms. The van der Waals surface area contributed by atoms with E-state index in [1.807, 2.05) is 6.07 Å². The van der Waals surface area contributed by atoms with Gasteiger partial charge in [-0.15, -0.1) is 11.6 Å². The van der Waals surface area contributed by atoms with Crippen LogP contribution in [0.4, 0.5) is 5.82 Å². The van der Waals surface area contributed by atoms with E-state index in [0.717, 1.165) is 30.4 Å². The summed E-state index contributed by atoms with van der Waals surface area (Å²) in [6.45, 7) is 4.23. The summed E-state index contributed by atoms with van der Waals surface area (Å²) >= 11 is 11.8. The monoisotopic (exact) mass is 258 g/mol. The molecule has 0 amide bonds. The quantitative estimate of drug-likeness (QED) is 0.749. The molecule has 4 heteroatoms. The Labute approximate surface area is 107 Å². The van der Waals surface area contributed by atoms with Gasteiger partial charge in [-0.2, -0.15) is 0 Å². The molecule has 0 aromatic carbocycles. The number of hydrogen-bond acceptors (Lipinski definition) is 2. The van der Waals surface area contributed by atoms with Gasteiger partial charge >= 0.3 is 0 Å². The molecule has 88 valence electrons. The summed E-state index contributed by atoms with van der Waals surface area (Å²) < 4.78 is 0. The second-order valence-electron chi connectivity index (χ2n) is 4.25. The topological polar surface area (TPSA) is 16.1 Å². The molecule has 1 aliphatic rings. The van der Waals surface area contributed by atoms with Gasteiger partial charge in [0.15, 0.2) is 0 Å². The number of alkyl halides is 1. The van der Waals surface area contributed by atoms with E-state index in [-0.39, 0.29) is 0 Å². The molecule has 1 fully saturated rings. The van der Waals surface area contributed by atoms with Crippen LogP contribution in [0, 0.1) is 5.92 Å². The van der Waals surface area contributed by atoms with E-state index in [1.54, 1.807) is 6.20 Å². The number of rotatable bonds is 5. The Bertz CT molecular complexity index is 364. The van der Waals surface area contributed by atoms with Crippen LogP contribution in [0.2, 0.25) is 5.02 Å². The number of nitrogens with zero attached hydrogens (tertiary/aromatic N) is 2. The Kier molecular flexibility index (Phi) is 3.93. The van der Waals surface area contributed by atoms with Crippen molar-refractivity contribution in [1.29, 1.82) is 0 Å². The van der Waals surface area contributed by atoms with Gasteiger partial charge in [0.05, 0.1) is 5.02 Å². The summed E-state index contributed by atoms with van der Waals surface area (Å²) in [5.74, 6) is 2.29. The third-order valence-electron chi connectivity index (χ3n) is 2.95. The summed E-state index contributed by atoms with van der Waals surface area (Å²) in [6.07, 6.45) is 4.41. The lowest BCUT2D eigenvalue weighted by Crippen LogP contribution is -2.26. The predicted octanol–water partition coefficient (Wildman–Crippen LogP) is 3.71. The normalized spacial score (nSPS) is 15.2. The molecule has 2 nitrogen and oxygen atoms in total. The van der Waals surface area contributed by atoms with Crippen LogP contribution in [0.3, 0.4) is 0 Å². The van der Waals surface area contributed by atoms with Crippen molar-refractivity contribution < 1.29 is 0 Å². The van der Waals surface area contributed by atoms with Crippen LogP contribution in [-0.2, 0) is 5.88 Å². The zero-order valence-corrected chi connectivity index (χ0v) is 10.9. The zero-order valence-electron chi connectivity index (χ0n) is 9.42. The molecule has 1 aliphatic carbocycles. The van der Waals surface area contributed by atoms with E-state index in [4.69, 9.17) is 23.2 Å². The summed E-state index contributed by atoms with van der Waals surface area (Å²) in [6, 6.07) is 2.00. The van der Waals surface area contributed by atoms with Crippen LogP contribution in [-0.4, -0.2) is 18.1 Å². The SMILES string of the molecule is CCN(CC1CC1)c1cc(CCl)c(Cl)cn1. The van der Waals surface area contributed by atoms with Gasteiger partial charge in [-0.25, -0.2) is 4.98 Å². The van der Waals surface area contributed by atoms with Gasteiger partial charge in [0, 0.05) is 25.2 Å². The Balaban J connectivity index is 2.16. The van der Waals surface area contributed by atoms with Crippen molar-refractivity contribution in [2.24, 2.45) is 5.92 Å². The second-order valence-corrected chi connectivity index (χ2v) is 4.92. The van der Waals surface area contributed by atoms with Gasteiger partial charge in [-0.05, 0) is 37.3 Å². The second kappa shape index (κ2) is 5.24. The number of pyridine rings is 1. The minimum Gasteiger partial charge on any atom is -0.357 e. The first-order valence-electron chi connectivity index (χ1n) is 5.70. The molecule has 0 bridgehead atoms. The number of hydrogen-bond donors (Lipinski definition) is 0. The van der Waals surface area contributed by atoms with Crippen molar-refractivity contribution in [3.63, 3.8) is 0 Å². The first kappa shape index (κ1) is 12.0. The van der Waals surface area contributed by atoms with E-state index < -0.39 is 0 Å². The number of anilines is 1. The minimum atomic E-state index is 0.440. The smallest absolute Gasteiger partial charge is 0.128 e. The number of aromatic nitrogens is 1. The summed E-state index contributed by atoms with van der Waals surface area (Å²) in [7, 11) is 0. The van der Waals surface area contributed by atoms with Crippen molar-refractivity contribution >= 4 is 29.0 Å². The Morgan fingerprint density at radius 3 is 2.81 bits per heavy atom. The van der Waals surface area contributed by atoms with Crippen LogP contribution in [0.25, 0.3) is 0 Å². The minimum absolute atomic E-state index is 0.440. The average Bonchev–Trinajstić information content (AvgIpc) is 3.11.